The van der Waals surface area contributed by atoms with Crippen molar-refractivity contribution in [2.75, 3.05) is 26.4 Å². The van der Waals surface area contributed by atoms with Gasteiger partial charge in [-0.1, -0.05) is 0 Å². The minimum absolute atomic E-state index is 0.156. The molecule has 0 aliphatic carbocycles. The van der Waals surface area contributed by atoms with Crippen molar-refractivity contribution in [3.05, 3.63) is 0 Å². The number of ether oxygens (including phenoxy) is 3. The Morgan fingerprint density at radius 2 is 2.10 bits per heavy atom. The fraction of sp³-hybridized carbons (Fsp3) is 0.929. The Kier molecular flexibility index (Phi) is 3.23. The van der Waals surface area contributed by atoms with E-state index in [0.717, 1.165) is 19.6 Å². The number of piperidine rings is 1. The van der Waals surface area contributed by atoms with E-state index < -0.39 is 5.60 Å². The van der Waals surface area contributed by atoms with E-state index in [9.17, 15) is 4.79 Å². The second kappa shape index (κ2) is 4.58. The Bertz CT molecular complexity index is 398. The zero-order chi connectivity index (χ0) is 14.5. The summed E-state index contributed by atoms with van der Waals surface area (Å²) in [7, 11) is 0. The number of carbonyl (C=O) groups is 1. The fourth-order valence-electron chi connectivity index (χ4n) is 3.28. The van der Waals surface area contributed by atoms with Crippen molar-refractivity contribution in [1.29, 1.82) is 0 Å². The van der Waals surface area contributed by atoms with E-state index >= 15 is 0 Å². The number of carbonyl (C=O) groups excluding carboxylic acids is 1. The lowest BCUT2D eigenvalue weighted by Gasteiger charge is -2.62. The molecule has 0 spiro atoms. The van der Waals surface area contributed by atoms with Crippen LogP contribution in [0.4, 0.5) is 4.79 Å². The first kappa shape index (κ1) is 14.1. The standard InChI is InChI=1S/C14H24N2O4/c1-13(2,3)20-12(17)16-6-5-14(4)10(11(16)19-14)15-7-8-18-9-15/h10-11H,5-9H2,1-4H3. The van der Waals surface area contributed by atoms with Gasteiger partial charge < -0.3 is 14.2 Å². The van der Waals surface area contributed by atoms with Crippen LogP contribution in [-0.2, 0) is 14.2 Å². The molecule has 0 aromatic carbocycles. The molecule has 0 aromatic rings. The molecule has 0 aromatic heterocycles. The van der Waals surface area contributed by atoms with Gasteiger partial charge in [0, 0.05) is 13.1 Å². The highest BCUT2D eigenvalue weighted by atomic mass is 16.6. The van der Waals surface area contributed by atoms with Gasteiger partial charge in [-0.25, -0.2) is 4.79 Å². The molecule has 1 amide bonds. The van der Waals surface area contributed by atoms with Crippen molar-refractivity contribution in [2.45, 2.75) is 57.6 Å². The van der Waals surface area contributed by atoms with Gasteiger partial charge in [0.15, 0.2) is 6.23 Å². The smallest absolute Gasteiger partial charge is 0.412 e. The lowest BCUT2D eigenvalue weighted by molar-refractivity contribution is -0.327. The van der Waals surface area contributed by atoms with E-state index in [2.05, 4.69) is 11.8 Å². The Morgan fingerprint density at radius 3 is 2.65 bits per heavy atom. The lowest BCUT2D eigenvalue weighted by Crippen LogP contribution is -2.78. The number of nitrogens with zero attached hydrogens (tertiary/aromatic N) is 2. The molecule has 4 rings (SSSR count). The molecule has 0 radical (unpaired) electrons. The average molecular weight is 284 g/mol. The highest BCUT2D eigenvalue weighted by molar-refractivity contribution is 5.69. The first-order valence-electron chi connectivity index (χ1n) is 7.29. The molecule has 4 saturated heterocycles. The molecule has 4 heterocycles. The molecule has 4 fully saturated rings. The van der Waals surface area contributed by atoms with Crippen LogP contribution < -0.4 is 0 Å². The predicted octanol–water partition coefficient (Wildman–Crippen LogP) is 1.40. The number of rotatable bonds is 1. The topological polar surface area (TPSA) is 51.2 Å². The van der Waals surface area contributed by atoms with E-state index in [0.29, 0.717) is 13.3 Å². The maximum atomic E-state index is 12.3. The van der Waals surface area contributed by atoms with Crippen LogP contribution >= 0.6 is 0 Å². The van der Waals surface area contributed by atoms with Crippen molar-refractivity contribution in [1.82, 2.24) is 9.80 Å². The fourth-order valence-corrected chi connectivity index (χ4v) is 3.28. The Labute approximate surface area is 119 Å². The molecule has 4 aliphatic rings. The maximum absolute atomic E-state index is 12.3. The maximum Gasteiger partial charge on any atom is 0.412 e. The minimum atomic E-state index is -0.478. The molecule has 114 valence electrons. The Hall–Kier alpha value is -0.850. The van der Waals surface area contributed by atoms with Crippen LogP contribution in [0.5, 0.6) is 0 Å². The molecule has 4 aliphatic heterocycles. The molecule has 6 heteroatoms. The minimum Gasteiger partial charge on any atom is -0.444 e. The van der Waals surface area contributed by atoms with E-state index in [4.69, 9.17) is 14.2 Å². The molecule has 0 N–H and O–H groups in total. The molecule has 3 unspecified atom stereocenters. The summed E-state index contributed by atoms with van der Waals surface area (Å²) >= 11 is 0. The Balaban J connectivity index is 1.71. The summed E-state index contributed by atoms with van der Waals surface area (Å²) in [6.07, 6.45) is 0.351. The molecular weight excluding hydrogens is 260 g/mol. The highest BCUT2D eigenvalue weighted by Gasteiger charge is 2.62. The molecule has 6 nitrogen and oxygen atoms in total. The SMILES string of the molecule is CC(C)(C)OC(=O)N1CCC2(C)OC1C2N1CCOC1. The molecular formula is C14H24N2O4. The Morgan fingerprint density at radius 1 is 1.35 bits per heavy atom. The molecule has 3 atom stereocenters. The third-order valence-corrected chi connectivity index (χ3v) is 4.24. The van der Waals surface area contributed by atoms with Crippen molar-refractivity contribution in [3.8, 4) is 0 Å². The lowest BCUT2D eigenvalue weighted by atomic mass is 9.80. The van der Waals surface area contributed by atoms with Gasteiger partial charge in [0.1, 0.15) is 5.60 Å². The third kappa shape index (κ3) is 2.29. The van der Waals surface area contributed by atoms with Gasteiger partial charge in [0.2, 0.25) is 0 Å². The summed E-state index contributed by atoms with van der Waals surface area (Å²) in [6.45, 7) is 10.8. The second-order valence-electron chi connectivity index (χ2n) is 7.04. The summed E-state index contributed by atoms with van der Waals surface area (Å²) in [5.41, 5.74) is -0.634. The number of fused-ring (bicyclic) bond motifs is 2. The summed E-state index contributed by atoms with van der Waals surface area (Å²) < 4.78 is 16.9. The van der Waals surface area contributed by atoms with Crippen molar-refractivity contribution in [3.63, 3.8) is 0 Å². The van der Waals surface area contributed by atoms with E-state index in [1.54, 1.807) is 4.90 Å². The summed E-state index contributed by atoms with van der Waals surface area (Å²) in [5.74, 6) is 0. The van der Waals surface area contributed by atoms with Crippen molar-refractivity contribution >= 4 is 6.09 Å². The third-order valence-electron chi connectivity index (χ3n) is 4.24. The van der Waals surface area contributed by atoms with Crippen LogP contribution in [0, 0.1) is 0 Å². The van der Waals surface area contributed by atoms with Crippen LogP contribution in [0.15, 0.2) is 0 Å². The van der Waals surface area contributed by atoms with Crippen LogP contribution in [-0.4, -0.2) is 65.8 Å². The number of amides is 1. The predicted molar refractivity (Wildman–Crippen MR) is 72.1 cm³/mol. The first-order valence-corrected chi connectivity index (χ1v) is 7.29. The zero-order valence-electron chi connectivity index (χ0n) is 12.7. The van der Waals surface area contributed by atoms with E-state index in [1.807, 2.05) is 20.8 Å². The molecule has 20 heavy (non-hydrogen) atoms. The van der Waals surface area contributed by atoms with Gasteiger partial charge in [-0.2, -0.15) is 0 Å². The van der Waals surface area contributed by atoms with Crippen molar-refractivity contribution < 1.29 is 19.0 Å². The normalized spacial score (nSPS) is 37.7. The zero-order valence-corrected chi connectivity index (χ0v) is 12.7. The van der Waals surface area contributed by atoms with E-state index in [-0.39, 0.29) is 24.0 Å². The first-order chi connectivity index (χ1) is 9.30. The molecule has 2 bridgehead atoms. The van der Waals surface area contributed by atoms with E-state index in [1.165, 1.54) is 0 Å². The monoisotopic (exact) mass is 284 g/mol. The van der Waals surface area contributed by atoms with Gasteiger partial charge in [-0.3, -0.25) is 9.80 Å². The largest absolute Gasteiger partial charge is 0.444 e. The van der Waals surface area contributed by atoms with Crippen molar-refractivity contribution in [2.24, 2.45) is 0 Å². The number of hydrogen-bond donors (Lipinski definition) is 0. The van der Waals surface area contributed by atoms with Crippen LogP contribution in [0.1, 0.15) is 34.1 Å². The second-order valence-corrected chi connectivity index (χ2v) is 7.04. The van der Waals surface area contributed by atoms with Gasteiger partial charge >= 0.3 is 6.09 Å². The highest BCUT2D eigenvalue weighted by Crippen LogP contribution is 2.46. The van der Waals surface area contributed by atoms with Gasteiger partial charge in [0.05, 0.1) is 25.0 Å². The van der Waals surface area contributed by atoms with Crippen LogP contribution in [0.3, 0.4) is 0 Å². The number of hydrogen-bond acceptors (Lipinski definition) is 5. The van der Waals surface area contributed by atoms with Crippen LogP contribution in [0.2, 0.25) is 0 Å². The van der Waals surface area contributed by atoms with Crippen LogP contribution in [0.25, 0.3) is 0 Å². The molecule has 0 saturated carbocycles. The summed E-state index contributed by atoms with van der Waals surface area (Å²) in [4.78, 5) is 16.3. The van der Waals surface area contributed by atoms with Gasteiger partial charge in [-0.05, 0) is 34.1 Å². The quantitative estimate of drug-likeness (QED) is 0.728. The summed E-state index contributed by atoms with van der Waals surface area (Å²) in [5, 5.41) is 0. The average Bonchev–Trinajstić information content (AvgIpc) is 2.79. The summed E-state index contributed by atoms with van der Waals surface area (Å²) in [6, 6.07) is 0.214. The van der Waals surface area contributed by atoms with Gasteiger partial charge in [0.25, 0.3) is 0 Å². The van der Waals surface area contributed by atoms with Gasteiger partial charge in [-0.15, -0.1) is 0 Å².